The molecule has 0 saturated heterocycles. The summed E-state index contributed by atoms with van der Waals surface area (Å²) in [5, 5.41) is 21.8. The first-order valence-corrected chi connectivity index (χ1v) is 9.13. The molecule has 8 heteroatoms. The lowest BCUT2D eigenvalue weighted by atomic mass is 10.1. The molecule has 0 aliphatic carbocycles. The van der Waals surface area contributed by atoms with E-state index in [9.17, 15) is 19.0 Å². The number of benzene rings is 2. The Balaban J connectivity index is 2.11. The number of aliphatic carboxylic acids is 2. The van der Waals surface area contributed by atoms with Gasteiger partial charge in [0.25, 0.3) is 7.52 Å². The molecule has 0 aliphatic rings. The molecular weight excluding hydrogens is 333 g/mol. The van der Waals surface area contributed by atoms with Crippen molar-refractivity contribution in [3.63, 3.8) is 0 Å². The number of fused-ring (bicyclic) bond motifs is 1. The van der Waals surface area contributed by atoms with Crippen LogP contribution in [0.4, 0.5) is 0 Å². The normalized spacial score (nSPS) is 14.9. The lowest BCUT2D eigenvalue weighted by Gasteiger charge is -2.19. The lowest BCUT2D eigenvalue weighted by Crippen LogP contribution is -2.35. The topological polar surface area (TPSA) is 124 Å². The minimum atomic E-state index is -3.99. The van der Waals surface area contributed by atoms with Gasteiger partial charge in [0.15, 0.2) is 0 Å². The second-order valence-electron chi connectivity index (χ2n) is 5.49. The minimum Gasteiger partial charge on any atom is -0.481 e. The van der Waals surface area contributed by atoms with Crippen LogP contribution in [0, 0.1) is 0 Å². The van der Waals surface area contributed by atoms with Crippen LogP contribution >= 0.6 is 7.52 Å². The molecular formula is C16H18NO6P. The summed E-state index contributed by atoms with van der Waals surface area (Å²) in [6, 6.07) is 11.5. The fraction of sp³-hybridized carbons (Fsp3) is 0.250. The van der Waals surface area contributed by atoms with Gasteiger partial charge in [0.2, 0.25) is 0 Å². The number of nitrogens with one attached hydrogen (secondary N) is 1. The smallest absolute Gasteiger partial charge is 0.321 e. The third kappa shape index (κ3) is 5.16. The second-order valence-corrected chi connectivity index (χ2v) is 7.47. The molecule has 2 atom stereocenters. The summed E-state index contributed by atoms with van der Waals surface area (Å²) in [7, 11) is -3.99. The van der Waals surface area contributed by atoms with E-state index in [4.69, 9.17) is 10.2 Å². The van der Waals surface area contributed by atoms with Crippen LogP contribution in [0.3, 0.4) is 0 Å². The Labute approximate surface area is 138 Å². The van der Waals surface area contributed by atoms with E-state index in [0.717, 1.165) is 10.8 Å². The SMILES string of the molecule is O=C(O)CCC(NP(=O)(O)Cc1ccc2ccccc2c1)C(=O)O. The zero-order chi connectivity index (χ0) is 17.7. The van der Waals surface area contributed by atoms with Gasteiger partial charge in [0, 0.05) is 6.42 Å². The summed E-state index contributed by atoms with van der Waals surface area (Å²) in [6.45, 7) is 0. The van der Waals surface area contributed by atoms with Crippen molar-refractivity contribution in [3.8, 4) is 0 Å². The summed E-state index contributed by atoms with van der Waals surface area (Å²) in [4.78, 5) is 31.7. The van der Waals surface area contributed by atoms with E-state index in [1.807, 2.05) is 30.3 Å². The Hall–Kier alpha value is -2.21. The molecule has 4 N–H and O–H groups in total. The standard InChI is InChI=1S/C16H18NO6P/c18-15(19)8-7-14(16(20)21)17-24(22,23)10-11-5-6-12-3-1-2-4-13(12)9-11/h1-6,9,14H,7-8,10H2,(H,18,19)(H,20,21)(H2,17,22,23). The van der Waals surface area contributed by atoms with Gasteiger partial charge in [0.05, 0.1) is 6.16 Å². The van der Waals surface area contributed by atoms with Crippen molar-refractivity contribution in [2.75, 3.05) is 0 Å². The van der Waals surface area contributed by atoms with E-state index in [2.05, 4.69) is 5.09 Å². The second kappa shape index (κ2) is 7.57. The number of rotatable bonds is 8. The van der Waals surface area contributed by atoms with Crippen molar-refractivity contribution in [1.29, 1.82) is 0 Å². The highest BCUT2D eigenvalue weighted by Gasteiger charge is 2.28. The van der Waals surface area contributed by atoms with Gasteiger partial charge >= 0.3 is 11.9 Å². The zero-order valence-corrected chi connectivity index (χ0v) is 13.6. The molecule has 0 spiro atoms. The van der Waals surface area contributed by atoms with E-state index in [1.165, 1.54) is 0 Å². The van der Waals surface area contributed by atoms with Gasteiger partial charge in [-0.15, -0.1) is 0 Å². The average molecular weight is 351 g/mol. The molecule has 2 rings (SSSR count). The molecule has 24 heavy (non-hydrogen) atoms. The highest BCUT2D eigenvalue weighted by Crippen LogP contribution is 2.41. The average Bonchev–Trinajstić information content (AvgIpc) is 2.50. The van der Waals surface area contributed by atoms with Crippen LogP contribution in [0.2, 0.25) is 0 Å². The van der Waals surface area contributed by atoms with Gasteiger partial charge in [-0.05, 0) is 22.8 Å². The highest BCUT2D eigenvalue weighted by atomic mass is 31.2. The van der Waals surface area contributed by atoms with Crippen LogP contribution in [0.25, 0.3) is 10.8 Å². The van der Waals surface area contributed by atoms with E-state index in [1.54, 1.807) is 12.1 Å². The monoisotopic (exact) mass is 351 g/mol. The van der Waals surface area contributed by atoms with Gasteiger partial charge < -0.3 is 15.1 Å². The fourth-order valence-corrected chi connectivity index (χ4v) is 3.89. The maximum Gasteiger partial charge on any atom is 0.321 e. The summed E-state index contributed by atoms with van der Waals surface area (Å²) in [5.41, 5.74) is 0.592. The van der Waals surface area contributed by atoms with Crippen molar-refractivity contribution in [2.24, 2.45) is 0 Å². The number of hydrogen-bond acceptors (Lipinski definition) is 3. The van der Waals surface area contributed by atoms with Crippen molar-refractivity contribution in [2.45, 2.75) is 25.0 Å². The highest BCUT2D eigenvalue weighted by molar-refractivity contribution is 7.55. The zero-order valence-electron chi connectivity index (χ0n) is 12.8. The Kier molecular flexibility index (Phi) is 5.72. The number of carboxylic acid groups (broad SMARTS) is 2. The Morgan fingerprint density at radius 3 is 2.38 bits per heavy atom. The van der Waals surface area contributed by atoms with Gasteiger partial charge in [-0.3, -0.25) is 14.2 Å². The van der Waals surface area contributed by atoms with Crippen molar-refractivity contribution in [1.82, 2.24) is 5.09 Å². The molecule has 2 aromatic carbocycles. The van der Waals surface area contributed by atoms with Crippen LogP contribution in [-0.4, -0.2) is 33.1 Å². The third-order valence-electron chi connectivity index (χ3n) is 3.51. The molecule has 0 bridgehead atoms. The molecule has 0 saturated carbocycles. The molecule has 0 aromatic heterocycles. The van der Waals surface area contributed by atoms with Crippen molar-refractivity contribution >= 4 is 30.2 Å². The third-order valence-corrected chi connectivity index (χ3v) is 5.02. The molecule has 2 unspecified atom stereocenters. The van der Waals surface area contributed by atoms with Gasteiger partial charge in [-0.2, -0.15) is 0 Å². The Morgan fingerprint density at radius 2 is 1.75 bits per heavy atom. The maximum atomic E-state index is 12.3. The Morgan fingerprint density at radius 1 is 1.08 bits per heavy atom. The van der Waals surface area contributed by atoms with Gasteiger partial charge in [-0.25, -0.2) is 5.09 Å². The largest absolute Gasteiger partial charge is 0.481 e. The summed E-state index contributed by atoms with van der Waals surface area (Å²) in [6.07, 6.45) is -0.915. The Bertz CT molecular complexity index is 806. The molecule has 0 radical (unpaired) electrons. The molecule has 0 heterocycles. The quantitative estimate of drug-likeness (QED) is 0.538. The van der Waals surface area contributed by atoms with Crippen LogP contribution in [0.15, 0.2) is 42.5 Å². The summed E-state index contributed by atoms with van der Waals surface area (Å²) < 4.78 is 12.3. The van der Waals surface area contributed by atoms with E-state index in [0.29, 0.717) is 5.56 Å². The predicted molar refractivity (Wildman–Crippen MR) is 88.9 cm³/mol. The van der Waals surface area contributed by atoms with Crippen LogP contribution in [-0.2, 0) is 20.3 Å². The van der Waals surface area contributed by atoms with E-state index < -0.39 is 31.9 Å². The molecule has 0 fully saturated rings. The molecule has 2 aromatic rings. The first-order chi connectivity index (χ1) is 11.3. The van der Waals surface area contributed by atoms with Gasteiger partial charge in [-0.1, -0.05) is 42.5 Å². The molecule has 7 nitrogen and oxygen atoms in total. The fourth-order valence-electron chi connectivity index (χ4n) is 2.38. The van der Waals surface area contributed by atoms with Crippen LogP contribution in [0.5, 0.6) is 0 Å². The number of hydrogen-bond donors (Lipinski definition) is 4. The minimum absolute atomic E-state index is 0.241. The summed E-state index contributed by atoms with van der Waals surface area (Å²) in [5.74, 6) is -2.52. The van der Waals surface area contributed by atoms with E-state index >= 15 is 0 Å². The van der Waals surface area contributed by atoms with Crippen LogP contribution < -0.4 is 5.09 Å². The summed E-state index contributed by atoms with van der Waals surface area (Å²) >= 11 is 0. The predicted octanol–water partition coefficient (Wildman–Crippen LogP) is 2.43. The first kappa shape index (κ1) is 18.1. The number of carbonyl (C=O) groups is 2. The van der Waals surface area contributed by atoms with Crippen molar-refractivity contribution < 1.29 is 29.3 Å². The van der Waals surface area contributed by atoms with Crippen molar-refractivity contribution in [3.05, 3.63) is 48.0 Å². The van der Waals surface area contributed by atoms with Gasteiger partial charge in [0.1, 0.15) is 6.04 Å². The molecule has 0 amide bonds. The van der Waals surface area contributed by atoms with Crippen LogP contribution in [0.1, 0.15) is 18.4 Å². The van der Waals surface area contributed by atoms with E-state index in [-0.39, 0.29) is 12.6 Å². The lowest BCUT2D eigenvalue weighted by molar-refractivity contribution is -0.140. The molecule has 128 valence electrons. The maximum absolute atomic E-state index is 12.3. The molecule has 0 aliphatic heterocycles. The first-order valence-electron chi connectivity index (χ1n) is 7.29. The number of carboxylic acids is 2.